The lowest BCUT2D eigenvalue weighted by Gasteiger charge is -2.30. The van der Waals surface area contributed by atoms with Gasteiger partial charge in [-0.2, -0.15) is 13.2 Å². The molecule has 2 atom stereocenters. The molecule has 1 unspecified atom stereocenters. The van der Waals surface area contributed by atoms with Crippen molar-refractivity contribution in [3.63, 3.8) is 0 Å². The van der Waals surface area contributed by atoms with E-state index in [9.17, 15) is 13.2 Å². The zero-order valence-electron chi connectivity index (χ0n) is 11.3. The van der Waals surface area contributed by atoms with Crippen molar-refractivity contribution in [1.82, 2.24) is 4.90 Å². The fourth-order valence-electron chi connectivity index (χ4n) is 1.86. The predicted molar refractivity (Wildman–Crippen MR) is 67.4 cm³/mol. The summed E-state index contributed by atoms with van der Waals surface area (Å²) in [4.78, 5) is 2.17. The number of hydrogen-bond donors (Lipinski definition) is 0. The molecule has 0 amide bonds. The molecular weight excluding hydrogens is 239 g/mol. The summed E-state index contributed by atoms with van der Waals surface area (Å²) in [6.45, 7) is 6.22. The van der Waals surface area contributed by atoms with E-state index in [0.717, 1.165) is 24.1 Å². The van der Waals surface area contributed by atoms with E-state index in [4.69, 9.17) is 0 Å². The SMILES string of the molecule is CCC(C)N(C)[C@H](C)c1ccc(C(F)(F)F)cc1. The number of alkyl halides is 3. The number of benzene rings is 1. The van der Waals surface area contributed by atoms with Crippen LogP contribution in [0.15, 0.2) is 24.3 Å². The van der Waals surface area contributed by atoms with E-state index in [2.05, 4.69) is 18.7 Å². The first-order valence-corrected chi connectivity index (χ1v) is 6.16. The van der Waals surface area contributed by atoms with E-state index in [1.165, 1.54) is 0 Å². The van der Waals surface area contributed by atoms with Gasteiger partial charge in [-0.3, -0.25) is 4.90 Å². The molecule has 0 aromatic heterocycles. The molecule has 1 nitrogen and oxygen atoms in total. The second kappa shape index (κ2) is 5.74. The molecule has 0 bridgehead atoms. The van der Waals surface area contributed by atoms with E-state index >= 15 is 0 Å². The molecule has 1 aromatic rings. The van der Waals surface area contributed by atoms with E-state index in [1.54, 1.807) is 12.1 Å². The molecule has 1 aromatic carbocycles. The Labute approximate surface area is 107 Å². The molecule has 1 rings (SSSR count). The van der Waals surface area contributed by atoms with Crippen LogP contribution < -0.4 is 0 Å². The molecule has 102 valence electrons. The number of hydrogen-bond acceptors (Lipinski definition) is 1. The van der Waals surface area contributed by atoms with Crippen LogP contribution in [0.2, 0.25) is 0 Å². The first-order valence-electron chi connectivity index (χ1n) is 6.16. The maximum Gasteiger partial charge on any atom is 0.416 e. The Morgan fingerprint density at radius 3 is 2.00 bits per heavy atom. The van der Waals surface area contributed by atoms with Crippen molar-refractivity contribution in [2.24, 2.45) is 0 Å². The van der Waals surface area contributed by atoms with Gasteiger partial charge in [0.2, 0.25) is 0 Å². The van der Waals surface area contributed by atoms with Gasteiger partial charge in [0.1, 0.15) is 0 Å². The smallest absolute Gasteiger partial charge is 0.297 e. The van der Waals surface area contributed by atoms with Crippen LogP contribution in [0.3, 0.4) is 0 Å². The van der Waals surface area contributed by atoms with Crippen molar-refractivity contribution in [3.8, 4) is 0 Å². The average Bonchev–Trinajstić information content (AvgIpc) is 2.35. The van der Waals surface area contributed by atoms with Crippen molar-refractivity contribution < 1.29 is 13.2 Å². The highest BCUT2D eigenvalue weighted by Gasteiger charge is 2.30. The summed E-state index contributed by atoms with van der Waals surface area (Å²) < 4.78 is 37.4. The lowest BCUT2D eigenvalue weighted by molar-refractivity contribution is -0.137. The monoisotopic (exact) mass is 259 g/mol. The molecule has 4 heteroatoms. The molecule has 0 radical (unpaired) electrons. The van der Waals surface area contributed by atoms with E-state index in [1.807, 2.05) is 14.0 Å². The first kappa shape index (κ1) is 15.0. The quantitative estimate of drug-likeness (QED) is 0.769. The molecule has 0 aliphatic carbocycles. The van der Waals surface area contributed by atoms with E-state index < -0.39 is 11.7 Å². The van der Waals surface area contributed by atoms with Gasteiger partial charge in [-0.05, 0) is 45.0 Å². The van der Waals surface area contributed by atoms with Crippen LogP contribution in [0.4, 0.5) is 13.2 Å². The molecule has 18 heavy (non-hydrogen) atoms. The molecule has 0 spiro atoms. The zero-order chi connectivity index (χ0) is 13.9. The van der Waals surface area contributed by atoms with Crippen LogP contribution in [0, 0.1) is 0 Å². The second-order valence-electron chi connectivity index (χ2n) is 4.72. The van der Waals surface area contributed by atoms with Gasteiger partial charge >= 0.3 is 6.18 Å². The van der Waals surface area contributed by atoms with Gasteiger partial charge in [0.15, 0.2) is 0 Å². The summed E-state index contributed by atoms with van der Waals surface area (Å²) in [5.74, 6) is 0. The van der Waals surface area contributed by atoms with Crippen molar-refractivity contribution in [2.75, 3.05) is 7.05 Å². The highest BCUT2D eigenvalue weighted by atomic mass is 19.4. The van der Waals surface area contributed by atoms with E-state index in [-0.39, 0.29) is 6.04 Å². The molecule has 0 fully saturated rings. The molecule has 0 aliphatic rings. The Kier molecular flexibility index (Phi) is 4.79. The van der Waals surface area contributed by atoms with Crippen LogP contribution in [0.25, 0.3) is 0 Å². The van der Waals surface area contributed by atoms with E-state index in [0.29, 0.717) is 6.04 Å². The molecule has 0 N–H and O–H groups in total. The number of halogens is 3. The Hall–Kier alpha value is -1.03. The second-order valence-corrected chi connectivity index (χ2v) is 4.72. The average molecular weight is 259 g/mol. The minimum Gasteiger partial charge on any atom is -0.297 e. The normalized spacial score (nSPS) is 15.8. The third-order valence-electron chi connectivity index (χ3n) is 3.62. The van der Waals surface area contributed by atoms with Crippen LogP contribution >= 0.6 is 0 Å². The molecule has 0 saturated carbocycles. The summed E-state index contributed by atoms with van der Waals surface area (Å²) in [5, 5.41) is 0. The highest BCUT2D eigenvalue weighted by molar-refractivity contribution is 5.26. The minimum absolute atomic E-state index is 0.113. The number of nitrogens with zero attached hydrogens (tertiary/aromatic N) is 1. The summed E-state index contributed by atoms with van der Waals surface area (Å²) >= 11 is 0. The maximum atomic E-state index is 12.5. The Bertz CT molecular complexity index is 370. The third-order valence-corrected chi connectivity index (χ3v) is 3.62. The Balaban J connectivity index is 2.85. The standard InChI is InChI=1S/C14H20F3N/c1-5-10(2)18(4)11(3)12-6-8-13(9-7-12)14(15,16)17/h6-11H,5H2,1-4H3/t10?,11-/m1/s1. The van der Waals surface area contributed by atoms with Crippen molar-refractivity contribution in [3.05, 3.63) is 35.4 Å². The summed E-state index contributed by atoms with van der Waals surface area (Å²) in [7, 11) is 2.00. The van der Waals surface area contributed by atoms with Crippen molar-refractivity contribution in [1.29, 1.82) is 0 Å². The van der Waals surface area contributed by atoms with Crippen LogP contribution in [-0.2, 0) is 6.18 Å². The summed E-state index contributed by atoms with van der Waals surface area (Å²) in [6.07, 6.45) is -3.24. The Morgan fingerprint density at radius 2 is 1.61 bits per heavy atom. The van der Waals surface area contributed by atoms with Crippen LogP contribution in [0.1, 0.15) is 44.4 Å². The van der Waals surface area contributed by atoms with Crippen molar-refractivity contribution in [2.45, 2.75) is 45.5 Å². The molecule has 0 heterocycles. The molecule has 0 aliphatic heterocycles. The number of rotatable bonds is 4. The fourth-order valence-corrected chi connectivity index (χ4v) is 1.86. The summed E-state index contributed by atoms with van der Waals surface area (Å²) in [5.41, 5.74) is 0.315. The van der Waals surface area contributed by atoms with Crippen LogP contribution in [-0.4, -0.2) is 18.0 Å². The van der Waals surface area contributed by atoms with Gasteiger partial charge in [-0.15, -0.1) is 0 Å². The van der Waals surface area contributed by atoms with Crippen molar-refractivity contribution >= 4 is 0 Å². The third kappa shape index (κ3) is 3.48. The first-order chi connectivity index (χ1) is 8.27. The van der Waals surface area contributed by atoms with Gasteiger partial charge in [-0.25, -0.2) is 0 Å². The van der Waals surface area contributed by atoms with Crippen LogP contribution in [0.5, 0.6) is 0 Å². The van der Waals surface area contributed by atoms with Gasteiger partial charge in [0, 0.05) is 12.1 Å². The van der Waals surface area contributed by atoms with Gasteiger partial charge in [0.25, 0.3) is 0 Å². The minimum atomic E-state index is -4.26. The molecule has 0 saturated heterocycles. The fraction of sp³-hybridized carbons (Fsp3) is 0.571. The van der Waals surface area contributed by atoms with Gasteiger partial charge < -0.3 is 0 Å². The summed E-state index contributed by atoms with van der Waals surface area (Å²) in [6, 6.07) is 5.94. The Morgan fingerprint density at radius 1 is 1.11 bits per heavy atom. The lowest BCUT2D eigenvalue weighted by atomic mass is 10.0. The molecular formula is C14H20F3N. The highest BCUT2D eigenvalue weighted by Crippen LogP contribution is 2.30. The predicted octanol–water partition coefficient (Wildman–Crippen LogP) is 4.50. The maximum absolute atomic E-state index is 12.5. The lowest BCUT2D eigenvalue weighted by Crippen LogP contribution is -2.31. The zero-order valence-corrected chi connectivity index (χ0v) is 11.3. The largest absolute Gasteiger partial charge is 0.416 e. The van der Waals surface area contributed by atoms with Gasteiger partial charge in [0.05, 0.1) is 5.56 Å². The van der Waals surface area contributed by atoms with Gasteiger partial charge in [-0.1, -0.05) is 19.1 Å². The topological polar surface area (TPSA) is 3.24 Å².